The molecule has 1 N–H and O–H groups in total. The number of hydrogen-bond donors (Lipinski definition) is 1. The van der Waals surface area contributed by atoms with Crippen LogP contribution in [0.5, 0.6) is 0 Å². The Bertz CT molecular complexity index is 277. The molecule has 0 saturated heterocycles. The minimum atomic E-state index is 0.269. The number of benzene rings is 1. The first-order valence-corrected chi connectivity index (χ1v) is 5.21. The molecule has 0 unspecified atom stereocenters. The van der Waals surface area contributed by atoms with Crippen molar-refractivity contribution in [1.29, 1.82) is 0 Å². The van der Waals surface area contributed by atoms with Crippen LogP contribution in [0.25, 0.3) is 0 Å². The summed E-state index contributed by atoms with van der Waals surface area (Å²) < 4.78 is 0. The van der Waals surface area contributed by atoms with Gasteiger partial charge in [0, 0.05) is 11.6 Å². The van der Waals surface area contributed by atoms with Crippen molar-refractivity contribution < 1.29 is 5.11 Å². The quantitative estimate of drug-likeness (QED) is 0.585. The van der Waals surface area contributed by atoms with Gasteiger partial charge in [-0.05, 0) is 37.0 Å². The molecule has 76 valence electrons. The fourth-order valence-electron chi connectivity index (χ4n) is 1.17. The molecule has 0 spiro atoms. The summed E-state index contributed by atoms with van der Waals surface area (Å²) in [6.07, 6.45) is 6.95. The molecule has 1 aromatic rings. The summed E-state index contributed by atoms with van der Waals surface area (Å²) in [6.45, 7) is 0.269. The molecular formula is C12H15ClO. The van der Waals surface area contributed by atoms with Gasteiger partial charge in [0.1, 0.15) is 0 Å². The maximum atomic E-state index is 8.56. The van der Waals surface area contributed by atoms with E-state index in [0.29, 0.717) is 0 Å². The number of hydrogen-bond acceptors (Lipinski definition) is 1. The third-order valence-electron chi connectivity index (χ3n) is 1.96. The predicted octanol–water partition coefficient (Wildman–Crippen LogP) is 3.21. The van der Waals surface area contributed by atoms with E-state index in [1.165, 1.54) is 5.56 Å². The lowest BCUT2D eigenvalue weighted by Crippen LogP contribution is -1.81. The molecule has 0 heterocycles. The standard InChI is InChI=1S/C12H15ClO/c13-12-8-6-11(7-9-12)5-3-1-2-4-10-14/h1,3,6-9,14H,2,4-5,10H2/b3-1+. The Balaban J connectivity index is 2.30. The lowest BCUT2D eigenvalue weighted by atomic mass is 10.1. The first kappa shape index (κ1) is 11.3. The van der Waals surface area contributed by atoms with Crippen LogP contribution in [-0.4, -0.2) is 11.7 Å². The van der Waals surface area contributed by atoms with E-state index in [9.17, 15) is 0 Å². The van der Waals surface area contributed by atoms with Crippen molar-refractivity contribution in [3.63, 3.8) is 0 Å². The fraction of sp³-hybridized carbons (Fsp3) is 0.333. The van der Waals surface area contributed by atoms with Crippen molar-refractivity contribution in [1.82, 2.24) is 0 Å². The molecule has 0 fully saturated rings. The van der Waals surface area contributed by atoms with Crippen LogP contribution in [-0.2, 0) is 6.42 Å². The minimum Gasteiger partial charge on any atom is -0.396 e. The largest absolute Gasteiger partial charge is 0.396 e. The predicted molar refractivity (Wildman–Crippen MR) is 60.6 cm³/mol. The van der Waals surface area contributed by atoms with Gasteiger partial charge in [-0.15, -0.1) is 0 Å². The maximum absolute atomic E-state index is 8.56. The molecule has 1 rings (SSSR count). The van der Waals surface area contributed by atoms with Crippen LogP contribution in [0.3, 0.4) is 0 Å². The molecule has 0 aliphatic carbocycles. The van der Waals surface area contributed by atoms with Crippen LogP contribution in [0, 0.1) is 0 Å². The van der Waals surface area contributed by atoms with Crippen molar-refractivity contribution in [2.45, 2.75) is 19.3 Å². The number of aliphatic hydroxyl groups excluding tert-OH is 1. The van der Waals surface area contributed by atoms with E-state index in [4.69, 9.17) is 16.7 Å². The van der Waals surface area contributed by atoms with Gasteiger partial charge in [-0.2, -0.15) is 0 Å². The van der Waals surface area contributed by atoms with Gasteiger partial charge in [0.05, 0.1) is 0 Å². The number of halogens is 1. The van der Waals surface area contributed by atoms with Gasteiger partial charge in [-0.1, -0.05) is 35.9 Å². The lowest BCUT2D eigenvalue weighted by molar-refractivity contribution is 0.289. The van der Waals surface area contributed by atoms with Gasteiger partial charge in [-0.3, -0.25) is 0 Å². The van der Waals surface area contributed by atoms with Crippen LogP contribution < -0.4 is 0 Å². The molecule has 0 bridgehead atoms. The van der Waals surface area contributed by atoms with Crippen LogP contribution in [0.15, 0.2) is 36.4 Å². The highest BCUT2D eigenvalue weighted by molar-refractivity contribution is 6.30. The SMILES string of the molecule is OCCC/C=C/Cc1ccc(Cl)cc1. The zero-order chi connectivity index (χ0) is 10.2. The Morgan fingerprint density at radius 2 is 1.86 bits per heavy atom. The maximum Gasteiger partial charge on any atom is 0.0433 e. The molecule has 1 aromatic carbocycles. The molecule has 0 atom stereocenters. The number of allylic oxidation sites excluding steroid dienone is 2. The minimum absolute atomic E-state index is 0.269. The number of rotatable bonds is 5. The molecule has 0 aliphatic heterocycles. The highest BCUT2D eigenvalue weighted by Crippen LogP contribution is 2.10. The van der Waals surface area contributed by atoms with E-state index < -0.39 is 0 Å². The number of aliphatic hydroxyl groups is 1. The molecule has 0 saturated carbocycles. The van der Waals surface area contributed by atoms with E-state index >= 15 is 0 Å². The third-order valence-corrected chi connectivity index (χ3v) is 2.21. The van der Waals surface area contributed by atoms with Crippen molar-refractivity contribution >= 4 is 11.6 Å². The molecule has 0 amide bonds. The van der Waals surface area contributed by atoms with Gasteiger partial charge in [-0.25, -0.2) is 0 Å². The van der Waals surface area contributed by atoms with Crippen LogP contribution in [0.1, 0.15) is 18.4 Å². The number of unbranched alkanes of at least 4 members (excludes halogenated alkanes) is 1. The van der Waals surface area contributed by atoms with Crippen LogP contribution in [0.2, 0.25) is 5.02 Å². The lowest BCUT2D eigenvalue weighted by Gasteiger charge is -1.96. The zero-order valence-corrected chi connectivity index (χ0v) is 8.87. The Morgan fingerprint density at radius 3 is 2.50 bits per heavy atom. The normalized spacial score (nSPS) is 11.0. The first-order chi connectivity index (χ1) is 6.83. The second-order valence-corrected chi connectivity index (χ2v) is 3.60. The van der Waals surface area contributed by atoms with Gasteiger partial charge in [0.25, 0.3) is 0 Å². The Morgan fingerprint density at radius 1 is 1.14 bits per heavy atom. The Labute approximate surface area is 90.0 Å². The first-order valence-electron chi connectivity index (χ1n) is 4.83. The van der Waals surface area contributed by atoms with E-state index in [-0.39, 0.29) is 6.61 Å². The average Bonchev–Trinajstić information content (AvgIpc) is 2.21. The molecule has 0 radical (unpaired) electrons. The smallest absolute Gasteiger partial charge is 0.0433 e. The van der Waals surface area contributed by atoms with Crippen molar-refractivity contribution in [2.75, 3.05) is 6.61 Å². The molecule has 14 heavy (non-hydrogen) atoms. The van der Waals surface area contributed by atoms with Crippen LogP contribution >= 0.6 is 11.6 Å². The summed E-state index contributed by atoms with van der Waals surface area (Å²) in [5.41, 5.74) is 1.26. The van der Waals surface area contributed by atoms with Gasteiger partial charge in [0.15, 0.2) is 0 Å². The second-order valence-electron chi connectivity index (χ2n) is 3.17. The molecule has 2 heteroatoms. The average molecular weight is 211 g/mol. The Kier molecular flexibility index (Phi) is 5.35. The highest BCUT2D eigenvalue weighted by Gasteiger charge is 1.89. The van der Waals surface area contributed by atoms with E-state index in [0.717, 1.165) is 24.3 Å². The van der Waals surface area contributed by atoms with Crippen molar-refractivity contribution in [3.05, 3.63) is 47.0 Å². The molecule has 0 aromatic heterocycles. The highest BCUT2D eigenvalue weighted by atomic mass is 35.5. The zero-order valence-electron chi connectivity index (χ0n) is 8.12. The van der Waals surface area contributed by atoms with Crippen molar-refractivity contribution in [3.8, 4) is 0 Å². The monoisotopic (exact) mass is 210 g/mol. The molecular weight excluding hydrogens is 196 g/mol. The van der Waals surface area contributed by atoms with E-state index in [1.54, 1.807) is 0 Å². The summed E-state index contributed by atoms with van der Waals surface area (Å²) in [4.78, 5) is 0. The molecule has 0 aliphatic rings. The van der Waals surface area contributed by atoms with Crippen LogP contribution in [0.4, 0.5) is 0 Å². The summed E-state index contributed by atoms with van der Waals surface area (Å²) in [5, 5.41) is 9.34. The molecule has 1 nitrogen and oxygen atoms in total. The fourth-order valence-corrected chi connectivity index (χ4v) is 1.29. The van der Waals surface area contributed by atoms with E-state index in [2.05, 4.69) is 12.2 Å². The summed E-state index contributed by atoms with van der Waals surface area (Å²) in [6, 6.07) is 7.86. The van der Waals surface area contributed by atoms with E-state index in [1.807, 2.05) is 24.3 Å². The summed E-state index contributed by atoms with van der Waals surface area (Å²) in [5.74, 6) is 0. The Hall–Kier alpha value is -0.790. The van der Waals surface area contributed by atoms with Gasteiger partial charge in [0.2, 0.25) is 0 Å². The summed E-state index contributed by atoms with van der Waals surface area (Å²) >= 11 is 5.77. The second kappa shape index (κ2) is 6.63. The third kappa shape index (κ3) is 4.45. The topological polar surface area (TPSA) is 20.2 Å². The van der Waals surface area contributed by atoms with Crippen molar-refractivity contribution in [2.24, 2.45) is 0 Å². The van der Waals surface area contributed by atoms with Gasteiger partial charge >= 0.3 is 0 Å². The van der Waals surface area contributed by atoms with Gasteiger partial charge < -0.3 is 5.11 Å². The summed E-state index contributed by atoms with van der Waals surface area (Å²) in [7, 11) is 0.